The molecular weight excluding hydrogens is 241 g/mol. The Morgan fingerprint density at radius 2 is 2.40 bits per heavy atom. The molecule has 1 aromatic rings. The number of nitrogens with zero attached hydrogens (tertiary/aromatic N) is 1. The molecule has 0 radical (unpaired) electrons. The van der Waals surface area contributed by atoms with Crippen LogP contribution in [0.3, 0.4) is 0 Å². The van der Waals surface area contributed by atoms with E-state index >= 15 is 0 Å². The second-order valence-electron chi connectivity index (χ2n) is 1.99. The Morgan fingerprint density at radius 1 is 1.70 bits per heavy atom. The summed E-state index contributed by atoms with van der Waals surface area (Å²) in [5, 5.41) is 0. The Kier molecular flexibility index (Phi) is 2.44. The van der Waals surface area contributed by atoms with Gasteiger partial charge in [-0.25, -0.2) is 10.8 Å². The number of aromatic nitrogens is 1. The van der Waals surface area contributed by atoms with Crippen LogP contribution in [-0.2, 0) is 0 Å². The van der Waals surface area contributed by atoms with Crippen molar-refractivity contribution in [1.82, 2.24) is 4.98 Å². The molecule has 0 bridgehead atoms. The molecule has 0 fully saturated rings. The molecule has 10 heavy (non-hydrogen) atoms. The number of nitrogens with one attached hydrogen (secondary N) is 1. The van der Waals surface area contributed by atoms with Gasteiger partial charge in [0.15, 0.2) is 5.82 Å². The van der Waals surface area contributed by atoms with Crippen molar-refractivity contribution in [2.45, 2.75) is 6.92 Å². The van der Waals surface area contributed by atoms with Crippen LogP contribution in [0.2, 0.25) is 0 Å². The molecule has 0 aliphatic rings. The third-order valence-corrected chi connectivity index (χ3v) is 1.94. The highest BCUT2D eigenvalue weighted by Gasteiger charge is 1.96. The number of aryl methyl sites for hydroxylation is 1. The van der Waals surface area contributed by atoms with E-state index in [-0.39, 0.29) is 0 Å². The number of rotatable bonds is 1. The molecule has 0 spiro atoms. The van der Waals surface area contributed by atoms with Crippen molar-refractivity contribution in [1.29, 1.82) is 0 Å². The zero-order valence-corrected chi connectivity index (χ0v) is 7.71. The van der Waals surface area contributed by atoms with Gasteiger partial charge in [-0.3, -0.25) is 0 Å². The summed E-state index contributed by atoms with van der Waals surface area (Å²) in [4.78, 5) is 4.05. The molecule has 54 valence electrons. The van der Waals surface area contributed by atoms with E-state index in [9.17, 15) is 0 Å². The largest absolute Gasteiger partial charge is 0.308 e. The summed E-state index contributed by atoms with van der Waals surface area (Å²) in [6, 6.07) is 2.02. The lowest BCUT2D eigenvalue weighted by atomic mass is 10.3. The van der Waals surface area contributed by atoms with E-state index in [0.29, 0.717) is 0 Å². The zero-order chi connectivity index (χ0) is 7.56. The molecule has 1 rings (SSSR count). The molecule has 0 atom stereocenters. The molecule has 0 saturated carbocycles. The van der Waals surface area contributed by atoms with Crippen molar-refractivity contribution in [2.75, 3.05) is 5.43 Å². The van der Waals surface area contributed by atoms with E-state index in [2.05, 4.69) is 33.0 Å². The maximum atomic E-state index is 5.18. The normalized spacial score (nSPS) is 9.50. The number of nitrogens with two attached hydrogens (primary N) is 1. The predicted molar refractivity (Wildman–Crippen MR) is 49.5 cm³/mol. The highest BCUT2D eigenvalue weighted by Crippen LogP contribution is 2.14. The van der Waals surface area contributed by atoms with E-state index in [4.69, 9.17) is 5.84 Å². The summed E-state index contributed by atoms with van der Waals surface area (Å²) in [5.74, 6) is 5.91. The Morgan fingerprint density at radius 3 is 2.90 bits per heavy atom. The van der Waals surface area contributed by atoms with Gasteiger partial charge in [0.25, 0.3) is 0 Å². The molecule has 0 aliphatic heterocycles. The fourth-order valence-corrected chi connectivity index (χ4v) is 1.43. The number of hydrogen-bond acceptors (Lipinski definition) is 3. The van der Waals surface area contributed by atoms with Crippen molar-refractivity contribution in [3.63, 3.8) is 0 Å². The molecule has 1 heterocycles. The molecule has 1 aromatic heterocycles. The number of halogens is 1. The average molecular weight is 249 g/mol. The first-order chi connectivity index (χ1) is 4.74. The van der Waals surface area contributed by atoms with Gasteiger partial charge in [0.05, 0.1) is 3.57 Å². The van der Waals surface area contributed by atoms with E-state index in [1.807, 2.05) is 13.0 Å². The first kappa shape index (κ1) is 7.74. The minimum atomic E-state index is 0.728. The highest BCUT2D eigenvalue weighted by atomic mass is 127. The molecule has 3 N–H and O–H groups in total. The van der Waals surface area contributed by atoms with Gasteiger partial charge in [0.2, 0.25) is 0 Å². The molecule has 3 nitrogen and oxygen atoms in total. The molecule has 4 heteroatoms. The Labute approximate surface area is 73.1 Å². The van der Waals surface area contributed by atoms with E-state index < -0.39 is 0 Å². The van der Waals surface area contributed by atoms with Gasteiger partial charge in [0, 0.05) is 6.20 Å². The van der Waals surface area contributed by atoms with Crippen LogP contribution < -0.4 is 11.3 Å². The molecular formula is C6H8IN3. The lowest BCUT2D eigenvalue weighted by Gasteiger charge is -2.01. The Balaban J connectivity index is 3.07. The average Bonchev–Trinajstić information content (AvgIpc) is 1.88. The summed E-state index contributed by atoms with van der Waals surface area (Å²) in [7, 11) is 0. The van der Waals surface area contributed by atoms with Crippen LogP contribution in [0.5, 0.6) is 0 Å². The molecule has 0 amide bonds. The van der Waals surface area contributed by atoms with Crippen LogP contribution >= 0.6 is 22.6 Å². The molecule has 0 aromatic carbocycles. The maximum absolute atomic E-state index is 5.18. The summed E-state index contributed by atoms with van der Waals surface area (Å²) in [6.45, 7) is 2.00. The SMILES string of the molecule is Cc1cnc(NN)c(I)c1. The van der Waals surface area contributed by atoms with Gasteiger partial charge in [-0.1, -0.05) is 0 Å². The second kappa shape index (κ2) is 3.16. The lowest BCUT2D eigenvalue weighted by molar-refractivity contribution is 1.19. The number of anilines is 1. The van der Waals surface area contributed by atoms with Crippen molar-refractivity contribution in [3.05, 3.63) is 21.4 Å². The van der Waals surface area contributed by atoms with E-state index in [0.717, 1.165) is 15.0 Å². The number of hydrogen-bond donors (Lipinski definition) is 2. The molecule has 0 aliphatic carbocycles. The molecule has 0 unspecified atom stereocenters. The van der Waals surface area contributed by atoms with Crippen LogP contribution in [-0.4, -0.2) is 4.98 Å². The topological polar surface area (TPSA) is 50.9 Å². The monoisotopic (exact) mass is 249 g/mol. The smallest absolute Gasteiger partial charge is 0.153 e. The standard InChI is InChI=1S/C6H8IN3/c1-4-2-5(7)6(10-8)9-3-4/h2-3H,8H2,1H3,(H,9,10). The van der Waals surface area contributed by atoms with Gasteiger partial charge in [-0.2, -0.15) is 0 Å². The molecule has 0 saturated heterocycles. The predicted octanol–water partition coefficient (Wildman–Crippen LogP) is 1.28. The van der Waals surface area contributed by atoms with Crippen molar-refractivity contribution in [2.24, 2.45) is 5.84 Å². The van der Waals surface area contributed by atoms with Crippen LogP contribution in [0.25, 0.3) is 0 Å². The van der Waals surface area contributed by atoms with Crippen molar-refractivity contribution < 1.29 is 0 Å². The second-order valence-corrected chi connectivity index (χ2v) is 3.15. The summed E-state index contributed by atoms with van der Waals surface area (Å²) < 4.78 is 1.04. The van der Waals surface area contributed by atoms with Gasteiger partial charge >= 0.3 is 0 Å². The lowest BCUT2D eigenvalue weighted by Crippen LogP contribution is -2.09. The number of hydrazine groups is 1. The Bertz CT molecular complexity index is 236. The maximum Gasteiger partial charge on any atom is 0.153 e. The minimum Gasteiger partial charge on any atom is -0.308 e. The van der Waals surface area contributed by atoms with Crippen LogP contribution in [0.4, 0.5) is 5.82 Å². The quantitative estimate of drug-likeness (QED) is 0.448. The summed E-state index contributed by atoms with van der Waals surface area (Å²) in [6.07, 6.45) is 1.78. The fraction of sp³-hybridized carbons (Fsp3) is 0.167. The number of nitrogen functional groups attached to an aromatic ring is 1. The van der Waals surface area contributed by atoms with Gasteiger partial charge < -0.3 is 5.43 Å². The zero-order valence-electron chi connectivity index (χ0n) is 5.56. The highest BCUT2D eigenvalue weighted by molar-refractivity contribution is 14.1. The van der Waals surface area contributed by atoms with Crippen LogP contribution in [0, 0.1) is 10.5 Å². The van der Waals surface area contributed by atoms with Crippen LogP contribution in [0.15, 0.2) is 12.3 Å². The van der Waals surface area contributed by atoms with Gasteiger partial charge in [-0.15, -0.1) is 0 Å². The summed E-state index contributed by atoms with van der Waals surface area (Å²) >= 11 is 2.18. The third-order valence-electron chi connectivity index (χ3n) is 1.11. The van der Waals surface area contributed by atoms with Gasteiger partial charge in [-0.05, 0) is 41.1 Å². The van der Waals surface area contributed by atoms with Crippen molar-refractivity contribution >= 4 is 28.4 Å². The first-order valence-electron chi connectivity index (χ1n) is 2.83. The van der Waals surface area contributed by atoms with E-state index in [1.165, 1.54) is 0 Å². The number of pyridine rings is 1. The Hall–Kier alpha value is -0.360. The third kappa shape index (κ3) is 1.57. The fourth-order valence-electron chi connectivity index (χ4n) is 0.640. The summed E-state index contributed by atoms with van der Waals surface area (Å²) in [5.41, 5.74) is 3.65. The first-order valence-corrected chi connectivity index (χ1v) is 3.90. The van der Waals surface area contributed by atoms with Crippen LogP contribution in [0.1, 0.15) is 5.56 Å². The van der Waals surface area contributed by atoms with E-state index in [1.54, 1.807) is 6.20 Å². The van der Waals surface area contributed by atoms with Crippen molar-refractivity contribution in [3.8, 4) is 0 Å². The minimum absolute atomic E-state index is 0.728. The van der Waals surface area contributed by atoms with Gasteiger partial charge in [0.1, 0.15) is 0 Å².